The van der Waals surface area contributed by atoms with Crippen LogP contribution in [0.15, 0.2) is 49.9 Å². The zero-order chi connectivity index (χ0) is 15.8. The quantitative estimate of drug-likeness (QED) is 0.842. The minimum Gasteiger partial charge on any atom is -0.450 e. The Hall–Kier alpha value is -2.32. The minimum absolute atomic E-state index is 0.329. The van der Waals surface area contributed by atoms with Crippen LogP contribution < -0.4 is 5.32 Å². The smallest absolute Gasteiger partial charge is 0.290 e. The highest BCUT2D eigenvalue weighted by Gasteiger charge is 2.25. The van der Waals surface area contributed by atoms with Crippen LogP contribution in [0.4, 0.5) is 10.5 Å². The summed E-state index contributed by atoms with van der Waals surface area (Å²) in [5.41, 5.74) is 1.85. The summed E-state index contributed by atoms with van der Waals surface area (Å²) in [7, 11) is 0. The second-order valence-corrected chi connectivity index (χ2v) is 6.86. The molecule has 4 rings (SSSR count). The second-order valence-electron chi connectivity index (χ2n) is 4.76. The Balaban J connectivity index is 1.49. The summed E-state index contributed by atoms with van der Waals surface area (Å²) in [5, 5.41) is 3.43. The molecule has 0 radical (unpaired) electrons. The highest BCUT2D eigenvalue weighted by molar-refractivity contribution is 8.18. The third-order valence-corrected chi connectivity index (χ3v) is 4.87. The van der Waals surface area contributed by atoms with Crippen molar-refractivity contribution in [3.05, 3.63) is 46.8 Å². The number of aliphatic imine (C=N–C) groups is 1. The number of carbonyl (C=O) groups is 2. The van der Waals surface area contributed by atoms with Gasteiger partial charge in [0, 0.05) is 18.7 Å². The summed E-state index contributed by atoms with van der Waals surface area (Å²) in [6.45, 7) is 0. The Morgan fingerprint density at radius 2 is 2.22 bits per heavy atom. The zero-order valence-corrected chi connectivity index (χ0v) is 13.2. The molecule has 23 heavy (non-hydrogen) atoms. The van der Waals surface area contributed by atoms with E-state index in [0.29, 0.717) is 22.2 Å². The van der Waals surface area contributed by atoms with Crippen LogP contribution in [-0.2, 0) is 11.2 Å². The minimum atomic E-state index is -0.396. The van der Waals surface area contributed by atoms with Crippen molar-refractivity contribution in [2.45, 2.75) is 11.5 Å². The van der Waals surface area contributed by atoms with Gasteiger partial charge in [-0.1, -0.05) is 0 Å². The van der Waals surface area contributed by atoms with Gasteiger partial charge in [-0.25, -0.2) is 4.99 Å². The van der Waals surface area contributed by atoms with E-state index in [0.717, 1.165) is 28.2 Å². The van der Waals surface area contributed by atoms with Crippen molar-refractivity contribution in [3.8, 4) is 0 Å². The number of pyridine rings is 1. The van der Waals surface area contributed by atoms with Crippen molar-refractivity contribution in [1.29, 1.82) is 0 Å². The van der Waals surface area contributed by atoms with Gasteiger partial charge in [0.25, 0.3) is 11.1 Å². The number of fused-ring (bicyclic) bond motifs is 1. The summed E-state index contributed by atoms with van der Waals surface area (Å²) in [6, 6.07) is 7.36. The van der Waals surface area contributed by atoms with Gasteiger partial charge >= 0.3 is 0 Å². The standard InChI is InChI=1S/C15H9N3O3S2/c19-14-11(22-15(20)18-14)6-8-3-4-13(21-8)23-12-7-10-9(17-12)2-1-5-16-10/h1-6H,7H2,(H,18,19,20)/b11-6-. The number of nitrogens with zero attached hydrogens (tertiary/aromatic N) is 2. The third kappa shape index (κ3) is 2.95. The predicted octanol–water partition coefficient (Wildman–Crippen LogP) is 3.38. The van der Waals surface area contributed by atoms with E-state index in [1.807, 2.05) is 18.2 Å². The Kier molecular flexibility index (Phi) is 3.55. The normalized spacial score (nSPS) is 18.3. The van der Waals surface area contributed by atoms with Crippen molar-refractivity contribution >= 4 is 51.5 Å². The van der Waals surface area contributed by atoms with Crippen molar-refractivity contribution in [2.75, 3.05) is 0 Å². The molecule has 1 fully saturated rings. The fraction of sp³-hybridized carbons (Fsp3) is 0.0667. The van der Waals surface area contributed by atoms with Gasteiger partial charge < -0.3 is 4.42 Å². The molecule has 0 atom stereocenters. The first-order chi connectivity index (χ1) is 11.2. The second kappa shape index (κ2) is 5.71. The molecule has 8 heteroatoms. The number of furan rings is 1. The zero-order valence-electron chi connectivity index (χ0n) is 11.6. The maximum Gasteiger partial charge on any atom is 0.290 e. The van der Waals surface area contributed by atoms with Gasteiger partial charge in [0.1, 0.15) is 5.76 Å². The first-order valence-electron chi connectivity index (χ1n) is 6.71. The molecular weight excluding hydrogens is 334 g/mol. The number of carbonyl (C=O) groups excluding carboxylic acids is 2. The molecule has 0 bridgehead atoms. The van der Waals surface area contributed by atoms with E-state index in [1.165, 1.54) is 11.8 Å². The fourth-order valence-electron chi connectivity index (χ4n) is 2.18. The molecule has 1 saturated heterocycles. The Morgan fingerprint density at radius 3 is 3.00 bits per heavy atom. The molecule has 2 aromatic heterocycles. The molecule has 0 aromatic carbocycles. The summed E-state index contributed by atoms with van der Waals surface area (Å²) < 4.78 is 5.67. The lowest BCUT2D eigenvalue weighted by atomic mass is 10.3. The monoisotopic (exact) mass is 343 g/mol. The number of thioether (sulfide) groups is 2. The first kappa shape index (κ1) is 14.3. The number of amides is 2. The molecular formula is C15H9N3O3S2. The fourth-order valence-corrected chi connectivity index (χ4v) is 3.70. The molecule has 114 valence electrons. The van der Waals surface area contributed by atoms with Crippen LogP contribution >= 0.6 is 23.5 Å². The average Bonchev–Trinajstić information content (AvgIpc) is 3.19. The molecule has 2 aliphatic heterocycles. The van der Waals surface area contributed by atoms with Crippen molar-refractivity contribution in [3.63, 3.8) is 0 Å². The van der Waals surface area contributed by atoms with E-state index >= 15 is 0 Å². The molecule has 2 aliphatic rings. The van der Waals surface area contributed by atoms with Crippen molar-refractivity contribution < 1.29 is 14.0 Å². The van der Waals surface area contributed by atoms with Gasteiger partial charge in [-0.2, -0.15) is 0 Å². The molecule has 0 spiro atoms. The Morgan fingerprint density at radius 1 is 1.30 bits per heavy atom. The van der Waals surface area contributed by atoms with Crippen molar-refractivity contribution in [2.24, 2.45) is 4.99 Å². The molecule has 1 N–H and O–H groups in total. The number of aromatic nitrogens is 1. The molecule has 2 amide bonds. The van der Waals surface area contributed by atoms with E-state index in [-0.39, 0.29) is 5.24 Å². The molecule has 4 heterocycles. The largest absolute Gasteiger partial charge is 0.450 e. The van der Waals surface area contributed by atoms with Crippen LogP contribution in [0.2, 0.25) is 0 Å². The Labute approximate surface area is 139 Å². The number of hydrogen-bond acceptors (Lipinski definition) is 7. The summed E-state index contributed by atoms with van der Waals surface area (Å²) in [6.07, 6.45) is 4.00. The predicted molar refractivity (Wildman–Crippen MR) is 88.7 cm³/mol. The van der Waals surface area contributed by atoms with Gasteiger partial charge in [0.2, 0.25) is 0 Å². The first-order valence-corrected chi connectivity index (χ1v) is 8.35. The number of rotatable bonds is 2. The number of nitrogens with one attached hydrogen (secondary N) is 1. The highest BCUT2D eigenvalue weighted by atomic mass is 32.2. The summed E-state index contributed by atoms with van der Waals surface area (Å²) >= 11 is 2.29. The van der Waals surface area contributed by atoms with Crippen LogP contribution in [0.1, 0.15) is 11.5 Å². The van der Waals surface area contributed by atoms with Gasteiger partial charge in [-0.05, 0) is 47.8 Å². The number of hydrogen-bond donors (Lipinski definition) is 1. The molecule has 0 aliphatic carbocycles. The summed E-state index contributed by atoms with van der Waals surface area (Å²) in [5.74, 6) is 0.126. The lowest BCUT2D eigenvalue weighted by molar-refractivity contribution is -0.115. The molecule has 6 nitrogen and oxygen atoms in total. The molecule has 0 saturated carbocycles. The van der Waals surface area contributed by atoms with Gasteiger partial charge in [-0.15, -0.1) is 0 Å². The highest BCUT2D eigenvalue weighted by Crippen LogP contribution is 2.33. The topological polar surface area (TPSA) is 84.6 Å². The van der Waals surface area contributed by atoms with Crippen molar-refractivity contribution in [1.82, 2.24) is 10.3 Å². The maximum absolute atomic E-state index is 11.5. The van der Waals surface area contributed by atoms with Crippen LogP contribution in [-0.4, -0.2) is 21.2 Å². The van der Waals surface area contributed by atoms with Gasteiger partial charge in [0.15, 0.2) is 5.09 Å². The van der Waals surface area contributed by atoms with Crippen LogP contribution in [0.3, 0.4) is 0 Å². The van der Waals surface area contributed by atoms with E-state index in [4.69, 9.17) is 4.42 Å². The summed E-state index contributed by atoms with van der Waals surface area (Å²) in [4.78, 5) is 31.8. The van der Waals surface area contributed by atoms with E-state index < -0.39 is 5.91 Å². The van der Waals surface area contributed by atoms with Crippen LogP contribution in [0.5, 0.6) is 0 Å². The van der Waals surface area contributed by atoms with Crippen LogP contribution in [0, 0.1) is 0 Å². The molecule has 2 aromatic rings. The Bertz CT molecular complexity index is 886. The third-order valence-electron chi connectivity index (χ3n) is 3.17. The SMILES string of the molecule is O=C1NC(=O)/C(=C/c2ccc(SC3=Nc4cccnc4C3)o2)S1. The van der Waals surface area contributed by atoms with Gasteiger partial charge in [0.05, 0.1) is 21.3 Å². The van der Waals surface area contributed by atoms with E-state index in [9.17, 15) is 9.59 Å². The average molecular weight is 343 g/mol. The lowest BCUT2D eigenvalue weighted by Crippen LogP contribution is -2.17. The van der Waals surface area contributed by atoms with E-state index in [2.05, 4.69) is 15.3 Å². The lowest BCUT2D eigenvalue weighted by Gasteiger charge is -1.95. The van der Waals surface area contributed by atoms with Gasteiger partial charge in [-0.3, -0.25) is 19.9 Å². The van der Waals surface area contributed by atoms with E-state index in [1.54, 1.807) is 18.3 Å². The molecule has 0 unspecified atom stereocenters. The number of imide groups is 1. The van der Waals surface area contributed by atoms with Crippen LogP contribution in [0.25, 0.3) is 6.08 Å². The maximum atomic E-state index is 11.5.